The molecule has 0 aromatic heterocycles. The number of amides is 1. The van der Waals surface area contributed by atoms with Crippen LogP contribution in [0.3, 0.4) is 0 Å². The highest BCUT2D eigenvalue weighted by molar-refractivity contribution is 7.89. The molecule has 7 nitrogen and oxygen atoms in total. The molecule has 2 aromatic rings. The zero-order valence-corrected chi connectivity index (χ0v) is 17.1. The molecule has 2 aromatic carbocycles. The molecular weight excluding hydrogens is 425 g/mol. The van der Waals surface area contributed by atoms with Crippen molar-refractivity contribution < 1.29 is 35.9 Å². The lowest BCUT2D eigenvalue weighted by Crippen LogP contribution is -2.24. The molecule has 0 atom stereocenters. The number of carbonyl (C=O) groups excluding carboxylic acids is 2. The van der Waals surface area contributed by atoms with Crippen molar-refractivity contribution in [1.82, 2.24) is 4.31 Å². The summed E-state index contributed by atoms with van der Waals surface area (Å²) in [6.07, 6.45) is -4.76. The second-order valence-corrected chi connectivity index (χ2v) is 8.58. The van der Waals surface area contributed by atoms with Gasteiger partial charge in [0.2, 0.25) is 10.0 Å². The Morgan fingerprint density at radius 2 is 1.73 bits per heavy atom. The molecule has 0 aliphatic heterocycles. The van der Waals surface area contributed by atoms with Crippen LogP contribution in [0.2, 0.25) is 0 Å². The Morgan fingerprint density at radius 1 is 1.10 bits per heavy atom. The normalized spacial score (nSPS) is 12.0. The molecule has 11 heteroatoms. The number of benzene rings is 2. The molecule has 1 N–H and O–H groups in total. The number of hydrogen-bond donors (Lipinski definition) is 1. The van der Waals surface area contributed by atoms with E-state index < -0.39 is 45.8 Å². The molecule has 0 aliphatic rings. The van der Waals surface area contributed by atoms with E-state index >= 15 is 0 Å². The fourth-order valence-corrected chi connectivity index (χ4v) is 3.34. The second kappa shape index (κ2) is 8.84. The predicted octanol–water partition coefficient (Wildman–Crippen LogP) is 3.06. The molecule has 0 bridgehead atoms. The van der Waals surface area contributed by atoms with Crippen LogP contribution in [-0.4, -0.2) is 45.3 Å². The summed E-state index contributed by atoms with van der Waals surface area (Å²) in [6.45, 7) is 0.766. The topological polar surface area (TPSA) is 92.8 Å². The quantitative estimate of drug-likeness (QED) is 0.692. The van der Waals surface area contributed by atoms with Gasteiger partial charge in [0.25, 0.3) is 5.91 Å². The average molecular weight is 444 g/mol. The SMILES string of the molecule is Cc1ccc(S(=O)(=O)N(C)C)cc1NC(=O)COC(=O)c1ccccc1C(F)(F)F. The van der Waals surface area contributed by atoms with Crippen LogP contribution in [0.1, 0.15) is 21.5 Å². The zero-order valence-electron chi connectivity index (χ0n) is 16.3. The van der Waals surface area contributed by atoms with E-state index in [2.05, 4.69) is 5.32 Å². The highest BCUT2D eigenvalue weighted by Gasteiger charge is 2.35. The van der Waals surface area contributed by atoms with Gasteiger partial charge in [-0.2, -0.15) is 13.2 Å². The number of carbonyl (C=O) groups is 2. The minimum absolute atomic E-state index is 0.0653. The Hall–Kier alpha value is -2.92. The first-order valence-corrected chi connectivity index (χ1v) is 9.94. The molecule has 30 heavy (non-hydrogen) atoms. The van der Waals surface area contributed by atoms with Crippen LogP contribution in [-0.2, 0) is 25.7 Å². The molecule has 0 spiro atoms. The van der Waals surface area contributed by atoms with Gasteiger partial charge >= 0.3 is 12.1 Å². The Bertz CT molecular complexity index is 1070. The Morgan fingerprint density at radius 3 is 2.33 bits per heavy atom. The van der Waals surface area contributed by atoms with Gasteiger partial charge in [-0.25, -0.2) is 17.5 Å². The largest absolute Gasteiger partial charge is 0.452 e. The standard InChI is InChI=1S/C19H19F3N2O5S/c1-12-8-9-13(30(27,28)24(2)3)10-16(12)23-17(25)11-29-18(26)14-6-4-5-7-15(14)19(20,21)22/h4-10H,11H2,1-3H3,(H,23,25). The summed E-state index contributed by atoms with van der Waals surface area (Å²) >= 11 is 0. The maximum atomic E-state index is 13.0. The van der Waals surface area contributed by atoms with Crippen molar-refractivity contribution in [1.29, 1.82) is 0 Å². The summed E-state index contributed by atoms with van der Waals surface area (Å²) < 4.78 is 69.1. The number of anilines is 1. The van der Waals surface area contributed by atoms with Gasteiger partial charge in [-0.1, -0.05) is 18.2 Å². The number of rotatable bonds is 6. The molecular formula is C19H19F3N2O5S. The van der Waals surface area contributed by atoms with Crippen LogP contribution in [0.25, 0.3) is 0 Å². The fraction of sp³-hybridized carbons (Fsp3) is 0.263. The average Bonchev–Trinajstić information content (AvgIpc) is 2.66. The van der Waals surface area contributed by atoms with Crippen LogP contribution in [0.15, 0.2) is 47.4 Å². The van der Waals surface area contributed by atoms with Crippen LogP contribution in [0.5, 0.6) is 0 Å². The van der Waals surface area contributed by atoms with Gasteiger partial charge < -0.3 is 10.1 Å². The van der Waals surface area contributed by atoms with E-state index in [1.807, 2.05) is 0 Å². The highest BCUT2D eigenvalue weighted by atomic mass is 32.2. The van der Waals surface area contributed by atoms with Gasteiger partial charge in [0.05, 0.1) is 16.0 Å². The number of alkyl halides is 3. The first kappa shape index (κ1) is 23.4. The number of halogens is 3. The lowest BCUT2D eigenvalue weighted by atomic mass is 10.1. The van der Waals surface area contributed by atoms with E-state index in [-0.39, 0.29) is 10.6 Å². The van der Waals surface area contributed by atoms with Gasteiger partial charge in [-0.3, -0.25) is 4.79 Å². The number of hydrogen-bond acceptors (Lipinski definition) is 5. The number of sulfonamides is 1. The predicted molar refractivity (Wildman–Crippen MR) is 102 cm³/mol. The van der Waals surface area contributed by atoms with E-state index in [9.17, 15) is 31.2 Å². The smallest absolute Gasteiger partial charge is 0.417 e. The molecule has 0 saturated heterocycles. The number of aryl methyl sites for hydroxylation is 1. The lowest BCUT2D eigenvalue weighted by Gasteiger charge is -2.15. The van der Waals surface area contributed by atoms with Crippen LogP contribution >= 0.6 is 0 Å². The molecule has 0 saturated carbocycles. The van der Waals surface area contributed by atoms with Crippen molar-refractivity contribution in [2.24, 2.45) is 0 Å². The zero-order chi connectivity index (χ0) is 22.7. The van der Waals surface area contributed by atoms with Crippen LogP contribution in [0.4, 0.5) is 18.9 Å². The van der Waals surface area contributed by atoms with Gasteiger partial charge in [0, 0.05) is 19.8 Å². The van der Waals surface area contributed by atoms with E-state index in [0.29, 0.717) is 5.56 Å². The third-order valence-corrected chi connectivity index (χ3v) is 5.86. The summed E-state index contributed by atoms with van der Waals surface area (Å²) in [5.74, 6) is -2.14. The Labute approximate surface area is 171 Å². The van der Waals surface area contributed by atoms with Crippen LogP contribution < -0.4 is 5.32 Å². The Kier molecular flexibility index (Phi) is 6.88. The minimum atomic E-state index is -4.76. The second-order valence-electron chi connectivity index (χ2n) is 6.43. The van der Waals surface area contributed by atoms with Crippen molar-refractivity contribution >= 4 is 27.6 Å². The molecule has 0 radical (unpaired) electrons. The summed E-state index contributed by atoms with van der Waals surface area (Å²) in [5.41, 5.74) is -1.19. The first-order valence-electron chi connectivity index (χ1n) is 8.50. The van der Waals surface area contributed by atoms with E-state index in [1.54, 1.807) is 6.92 Å². The molecule has 0 heterocycles. The van der Waals surface area contributed by atoms with Gasteiger partial charge in [-0.05, 0) is 36.8 Å². The summed E-state index contributed by atoms with van der Waals surface area (Å²) in [5, 5.41) is 2.39. The maximum Gasteiger partial charge on any atom is 0.417 e. The van der Waals surface area contributed by atoms with Crippen molar-refractivity contribution in [2.45, 2.75) is 18.0 Å². The number of nitrogens with zero attached hydrogens (tertiary/aromatic N) is 1. The summed E-state index contributed by atoms with van der Waals surface area (Å²) in [6, 6.07) is 8.14. The van der Waals surface area contributed by atoms with Crippen LogP contribution in [0, 0.1) is 6.92 Å². The third kappa shape index (κ3) is 5.36. The molecule has 1 amide bonds. The van der Waals surface area contributed by atoms with E-state index in [0.717, 1.165) is 22.5 Å². The van der Waals surface area contributed by atoms with E-state index in [4.69, 9.17) is 4.74 Å². The van der Waals surface area contributed by atoms with Gasteiger partial charge in [-0.15, -0.1) is 0 Å². The molecule has 0 fully saturated rings. The number of esters is 1. The molecule has 162 valence electrons. The minimum Gasteiger partial charge on any atom is -0.452 e. The molecule has 0 aliphatic carbocycles. The Balaban J connectivity index is 2.12. The summed E-state index contributed by atoms with van der Waals surface area (Å²) in [4.78, 5) is 24.1. The van der Waals surface area contributed by atoms with Crippen molar-refractivity contribution in [3.05, 3.63) is 59.2 Å². The summed E-state index contributed by atoms with van der Waals surface area (Å²) in [7, 11) is -1.04. The number of ether oxygens (including phenoxy) is 1. The third-order valence-electron chi connectivity index (χ3n) is 4.05. The van der Waals surface area contributed by atoms with Crippen molar-refractivity contribution in [2.75, 3.05) is 26.0 Å². The van der Waals surface area contributed by atoms with E-state index in [1.165, 1.54) is 38.4 Å². The molecule has 0 unspecified atom stereocenters. The van der Waals surface area contributed by atoms with Gasteiger partial charge in [0.15, 0.2) is 6.61 Å². The molecule has 2 rings (SSSR count). The highest BCUT2D eigenvalue weighted by Crippen LogP contribution is 2.32. The first-order chi connectivity index (χ1) is 13.8. The monoisotopic (exact) mass is 444 g/mol. The number of nitrogens with one attached hydrogen (secondary N) is 1. The lowest BCUT2D eigenvalue weighted by molar-refractivity contribution is -0.138. The maximum absolute atomic E-state index is 13.0. The fourth-order valence-electron chi connectivity index (χ4n) is 2.41. The van der Waals surface area contributed by atoms with Crippen molar-refractivity contribution in [3.8, 4) is 0 Å². The van der Waals surface area contributed by atoms with Gasteiger partial charge in [0.1, 0.15) is 0 Å². The van der Waals surface area contributed by atoms with Crippen molar-refractivity contribution in [3.63, 3.8) is 0 Å².